The number of fused-ring (bicyclic) bond motifs is 1. The summed E-state index contributed by atoms with van der Waals surface area (Å²) in [7, 11) is 0. The van der Waals surface area contributed by atoms with Crippen molar-refractivity contribution in [3.8, 4) is 0 Å². The number of nitrogens with zero attached hydrogens (tertiary/aromatic N) is 6. The van der Waals surface area contributed by atoms with Crippen molar-refractivity contribution in [2.24, 2.45) is 0 Å². The molecule has 4 rings (SSSR count). The summed E-state index contributed by atoms with van der Waals surface area (Å²) in [6.07, 6.45) is 2.05. The van der Waals surface area contributed by atoms with Crippen molar-refractivity contribution in [2.75, 3.05) is 13.1 Å². The summed E-state index contributed by atoms with van der Waals surface area (Å²) in [6.45, 7) is 5.80. The fourth-order valence-electron chi connectivity index (χ4n) is 3.66. The molecule has 3 aromatic rings. The van der Waals surface area contributed by atoms with Crippen LogP contribution in [-0.2, 0) is 11.3 Å². The zero-order valence-corrected chi connectivity index (χ0v) is 14.6. The molecule has 2 aromatic heterocycles. The second-order valence-electron chi connectivity index (χ2n) is 6.74. The van der Waals surface area contributed by atoms with Gasteiger partial charge in [-0.3, -0.25) is 9.48 Å². The molecule has 1 aliphatic rings. The summed E-state index contributed by atoms with van der Waals surface area (Å²) < 4.78 is 3.75. The van der Waals surface area contributed by atoms with Crippen LogP contribution in [0.2, 0.25) is 0 Å². The Hall–Kier alpha value is -2.70. The average molecular weight is 338 g/mol. The Balaban J connectivity index is 1.49. The van der Waals surface area contributed by atoms with Crippen LogP contribution in [-0.4, -0.2) is 48.7 Å². The molecule has 1 aliphatic heterocycles. The Labute approximate surface area is 146 Å². The molecule has 1 saturated heterocycles. The number of amides is 1. The van der Waals surface area contributed by atoms with Gasteiger partial charge in [0, 0.05) is 18.8 Å². The number of rotatable bonds is 3. The van der Waals surface area contributed by atoms with Gasteiger partial charge >= 0.3 is 0 Å². The molecule has 1 atom stereocenters. The van der Waals surface area contributed by atoms with Crippen molar-refractivity contribution in [3.05, 3.63) is 41.7 Å². The van der Waals surface area contributed by atoms with Gasteiger partial charge in [0.1, 0.15) is 12.1 Å². The lowest BCUT2D eigenvalue weighted by atomic mass is 10.1. The number of aromatic nitrogens is 5. The monoisotopic (exact) mass is 338 g/mol. The van der Waals surface area contributed by atoms with E-state index in [-0.39, 0.29) is 18.5 Å². The Bertz CT molecular complexity index is 911. The summed E-state index contributed by atoms with van der Waals surface area (Å²) in [4.78, 5) is 14.7. The fourth-order valence-corrected chi connectivity index (χ4v) is 3.66. The maximum Gasteiger partial charge on any atom is 0.244 e. The van der Waals surface area contributed by atoms with E-state index in [2.05, 4.69) is 33.1 Å². The summed E-state index contributed by atoms with van der Waals surface area (Å²) >= 11 is 0. The van der Waals surface area contributed by atoms with Gasteiger partial charge in [0.25, 0.3) is 0 Å². The maximum atomic E-state index is 12.8. The third-order valence-corrected chi connectivity index (χ3v) is 4.84. The van der Waals surface area contributed by atoms with E-state index in [1.807, 2.05) is 36.1 Å². The van der Waals surface area contributed by atoms with Crippen LogP contribution in [0.15, 0.2) is 30.3 Å². The lowest BCUT2D eigenvalue weighted by Crippen LogP contribution is -2.42. The van der Waals surface area contributed by atoms with E-state index in [1.54, 1.807) is 4.68 Å². The molecule has 0 radical (unpaired) electrons. The van der Waals surface area contributed by atoms with Crippen molar-refractivity contribution in [1.82, 2.24) is 29.7 Å². The number of hydrogen-bond donors (Lipinski definition) is 0. The molecule has 0 aliphatic carbocycles. The van der Waals surface area contributed by atoms with Gasteiger partial charge in [-0.05, 0) is 44.9 Å². The first-order valence-corrected chi connectivity index (χ1v) is 8.70. The van der Waals surface area contributed by atoms with Crippen molar-refractivity contribution < 1.29 is 4.79 Å². The molecule has 1 fully saturated rings. The van der Waals surface area contributed by atoms with E-state index in [9.17, 15) is 4.79 Å². The summed E-state index contributed by atoms with van der Waals surface area (Å²) in [5.74, 6) is 0.0851. The first-order valence-electron chi connectivity index (χ1n) is 8.70. The first kappa shape index (κ1) is 15.8. The van der Waals surface area contributed by atoms with Gasteiger partial charge < -0.3 is 4.90 Å². The average Bonchev–Trinajstić information content (AvgIpc) is 3.18. The molecule has 0 spiro atoms. The molecule has 1 aromatic carbocycles. The molecule has 7 nitrogen and oxygen atoms in total. The van der Waals surface area contributed by atoms with E-state index in [0.29, 0.717) is 6.54 Å². The standard InChI is InChI=1S/C18H22N6O/c1-13-10-14(2)24(20-13)15-6-5-9-22(11-15)18(25)12-23-17-8-4-3-7-16(17)19-21-23/h3-4,7-8,10,15H,5-6,9,11-12H2,1-2H3/t15-/m1/s1. The number of piperidine rings is 1. The molecule has 3 heterocycles. The van der Waals surface area contributed by atoms with Gasteiger partial charge in [0.05, 0.1) is 17.3 Å². The molecule has 0 N–H and O–H groups in total. The highest BCUT2D eigenvalue weighted by Gasteiger charge is 2.26. The molecule has 7 heteroatoms. The van der Waals surface area contributed by atoms with Crippen LogP contribution in [0.5, 0.6) is 0 Å². The molecule has 0 bridgehead atoms. The summed E-state index contributed by atoms with van der Waals surface area (Å²) in [5.41, 5.74) is 3.88. The van der Waals surface area contributed by atoms with Crippen LogP contribution in [0.3, 0.4) is 0 Å². The Morgan fingerprint density at radius 1 is 1.28 bits per heavy atom. The van der Waals surface area contributed by atoms with Crippen LogP contribution in [0.25, 0.3) is 11.0 Å². The van der Waals surface area contributed by atoms with Gasteiger partial charge in [-0.2, -0.15) is 5.10 Å². The van der Waals surface area contributed by atoms with E-state index in [4.69, 9.17) is 0 Å². The highest BCUT2D eigenvalue weighted by Crippen LogP contribution is 2.23. The third-order valence-electron chi connectivity index (χ3n) is 4.84. The molecular formula is C18H22N6O. The largest absolute Gasteiger partial charge is 0.339 e. The number of hydrogen-bond acceptors (Lipinski definition) is 4. The number of carbonyl (C=O) groups is 1. The number of aryl methyl sites for hydroxylation is 2. The quantitative estimate of drug-likeness (QED) is 0.733. The van der Waals surface area contributed by atoms with Gasteiger partial charge in [-0.25, -0.2) is 4.68 Å². The third kappa shape index (κ3) is 3.01. The molecule has 130 valence electrons. The van der Waals surface area contributed by atoms with Crippen molar-refractivity contribution >= 4 is 16.9 Å². The molecule has 25 heavy (non-hydrogen) atoms. The zero-order chi connectivity index (χ0) is 17.4. The Morgan fingerprint density at radius 2 is 2.12 bits per heavy atom. The van der Waals surface area contributed by atoms with E-state index in [1.165, 1.54) is 0 Å². The fraction of sp³-hybridized carbons (Fsp3) is 0.444. The van der Waals surface area contributed by atoms with Crippen LogP contribution >= 0.6 is 0 Å². The SMILES string of the molecule is Cc1cc(C)n([C@@H]2CCCN(C(=O)Cn3nnc4ccccc43)C2)n1. The van der Waals surface area contributed by atoms with E-state index in [0.717, 1.165) is 41.8 Å². The van der Waals surface area contributed by atoms with Crippen LogP contribution in [0.1, 0.15) is 30.3 Å². The smallest absolute Gasteiger partial charge is 0.244 e. The molecule has 1 amide bonds. The van der Waals surface area contributed by atoms with Crippen LogP contribution < -0.4 is 0 Å². The normalized spacial score (nSPS) is 18.0. The first-order chi connectivity index (χ1) is 12.1. The Morgan fingerprint density at radius 3 is 2.92 bits per heavy atom. The Kier molecular flexibility index (Phi) is 3.99. The zero-order valence-electron chi connectivity index (χ0n) is 14.6. The minimum atomic E-state index is 0.0851. The van der Waals surface area contributed by atoms with Gasteiger partial charge in [-0.15, -0.1) is 5.10 Å². The van der Waals surface area contributed by atoms with E-state index < -0.39 is 0 Å². The number of likely N-dealkylation sites (tertiary alicyclic amines) is 1. The van der Waals surface area contributed by atoms with Crippen LogP contribution in [0, 0.1) is 13.8 Å². The summed E-state index contributed by atoms with van der Waals surface area (Å²) in [5, 5.41) is 12.8. The number of carbonyl (C=O) groups excluding carboxylic acids is 1. The van der Waals surface area contributed by atoms with Crippen molar-refractivity contribution in [2.45, 2.75) is 39.3 Å². The highest BCUT2D eigenvalue weighted by molar-refractivity contribution is 5.79. The second-order valence-corrected chi connectivity index (χ2v) is 6.74. The minimum Gasteiger partial charge on any atom is -0.339 e. The number of benzene rings is 1. The second kappa shape index (κ2) is 6.31. The predicted octanol–water partition coefficient (Wildman–Crippen LogP) is 2.11. The lowest BCUT2D eigenvalue weighted by Gasteiger charge is -2.33. The maximum absolute atomic E-state index is 12.8. The topological polar surface area (TPSA) is 68.8 Å². The van der Waals surface area contributed by atoms with Gasteiger partial charge in [-0.1, -0.05) is 17.3 Å². The van der Waals surface area contributed by atoms with Crippen molar-refractivity contribution in [1.29, 1.82) is 0 Å². The minimum absolute atomic E-state index is 0.0851. The lowest BCUT2D eigenvalue weighted by molar-refractivity contribution is -0.133. The van der Waals surface area contributed by atoms with Gasteiger partial charge in [0.15, 0.2) is 0 Å². The molecular weight excluding hydrogens is 316 g/mol. The predicted molar refractivity (Wildman–Crippen MR) is 94.1 cm³/mol. The van der Waals surface area contributed by atoms with Gasteiger partial charge in [0.2, 0.25) is 5.91 Å². The number of para-hydroxylation sites is 1. The molecule has 0 saturated carbocycles. The summed E-state index contributed by atoms with van der Waals surface area (Å²) in [6, 6.07) is 10.0. The van der Waals surface area contributed by atoms with Crippen molar-refractivity contribution in [3.63, 3.8) is 0 Å². The van der Waals surface area contributed by atoms with E-state index >= 15 is 0 Å². The van der Waals surface area contributed by atoms with Crippen LogP contribution in [0.4, 0.5) is 0 Å². The highest BCUT2D eigenvalue weighted by atomic mass is 16.2. The molecule has 0 unspecified atom stereocenters.